The summed E-state index contributed by atoms with van der Waals surface area (Å²) in [5.74, 6) is -1.09. The largest absolute Gasteiger partial charge is 0.310 e. The van der Waals surface area contributed by atoms with Gasteiger partial charge >= 0.3 is 0 Å². The second-order valence-electron chi connectivity index (χ2n) is 5.03. The molecule has 4 heteroatoms. The minimum atomic E-state index is -0.565. The molecule has 21 heavy (non-hydrogen) atoms. The number of benzene rings is 2. The predicted octanol–water partition coefficient (Wildman–Crippen LogP) is 4.82. The van der Waals surface area contributed by atoms with Gasteiger partial charge in [0.15, 0.2) is 0 Å². The third kappa shape index (κ3) is 3.80. The van der Waals surface area contributed by atoms with E-state index in [1.807, 2.05) is 32.0 Å². The maximum absolute atomic E-state index is 13.8. The van der Waals surface area contributed by atoms with E-state index in [0.29, 0.717) is 17.0 Å². The molecular formula is C17H18ClF2N. The number of aryl methyl sites for hydroxylation is 1. The minimum Gasteiger partial charge on any atom is -0.310 e. The highest BCUT2D eigenvalue weighted by atomic mass is 35.5. The smallest absolute Gasteiger partial charge is 0.129 e. The Morgan fingerprint density at radius 2 is 1.95 bits per heavy atom. The predicted molar refractivity (Wildman–Crippen MR) is 82.7 cm³/mol. The molecule has 0 saturated heterocycles. The maximum Gasteiger partial charge on any atom is 0.129 e. The second-order valence-corrected chi connectivity index (χ2v) is 5.41. The van der Waals surface area contributed by atoms with Crippen molar-refractivity contribution in [3.63, 3.8) is 0 Å². The molecule has 0 radical (unpaired) electrons. The second kappa shape index (κ2) is 7.01. The molecule has 2 rings (SSSR count). The van der Waals surface area contributed by atoms with Crippen molar-refractivity contribution in [1.82, 2.24) is 5.32 Å². The van der Waals surface area contributed by atoms with Crippen LogP contribution in [0.2, 0.25) is 5.02 Å². The van der Waals surface area contributed by atoms with E-state index in [1.165, 1.54) is 12.1 Å². The van der Waals surface area contributed by atoms with Crippen molar-refractivity contribution in [2.24, 2.45) is 0 Å². The average molecular weight is 310 g/mol. The molecule has 1 atom stereocenters. The molecule has 112 valence electrons. The van der Waals surface area contributed by atoms with Crippen molar-refractivity contribution in [3.05, 3.63) is 69.7 Å². The zero-order chi connectivity index (χ0) is 15.4. The van der Waals surface area contributed by atoms with Crippen molar-refractivity contribution < 1.29 is 8.78 Å². The van der Waals surface area contributed by atoms with Gasteiger partial charge in [0, 0.05) is 17.1 Å². The van der Waals surface area contributed by atoms with Crippen molar-refractivity contribution in [1.29, 1.82) is 0 Å². The van der Waals surface area contributed by atoms with Gasteiger partial charge in [-0.2, -0.15) is 0 Å². The minimum absolute atomic E-state index is 0.109. The molecule has 1 N–H and O–H groups in total. The van der Waals surface area contributed by atoms with Crippen LogP contribution in [0.5, 0.6) is 0 Å². The van der Waals surface area contributed by atoms with E-state index in [2.05, 4.69) is 5.32 Å². The standard InChI is InChI=1S/C17H18ClF2N/c1-3-21-16(14-6-4-5-11(2)17(14)18)9-12-7-8-13(19)10-15(12)20/h4-8,10,16,21H,3,9H2,1-2H3. The Morgan fingerprint density at radius 1 is 1.19 bits per heavy atom. The molecule has 0 aromatic heterocycles. The molecule has 0 aliphatic carbocycles. The van der Waals surface area contributed by atoms with Gasteiger partial charge in [-0.05, 0) is 42.6 Å². The summed E-state index contributed by atoms with van der Waals surface area (Å²) in [7, 11) is 0. The Bertz CT molecular complexity index is 628. The zero-order valence-electron chi connectivity index (χ0n) is 12.1. The molecule has 0 amide bonds. The van der Waals surface area contributed by atoms with Crippen molar-refractivity contribution in [3.8, 4) is 0 Å². The van der Waals surface area contributed by atoms with Gasteiger partial charge in [0.1, 0.15) is 11.6 Å². The first-order chi connectivity index (χ1) is 10.0. The van der Waals surface area contributed by atoms with E-state index >= 15 is 0 Å². The van der Waals surface area contributed by atoms with Crippen LogP contribution < -0.4 is 5.32 Å². The summed E-state index contributed by atoms with van der Waals surface area (Å²) in [5, 5.41) is 4.00. The van der Waals surface area contributed by atoms with Crippen molar-refractivity contribution in [2.75, 3.05) is 6.54 Å². The number of hydrogen-bond donors (Lipinski definition) is 1. The quantitative estimate of drug-likeness (QED) is 0.835. The lowest BCUT2D eigenvalue weighted by atomic mass is 9.97. The maximum atomic E-state index is 13.8. The van der Waals surface area contributed by atoms with E-state index in [1.54, 1.807) is 0 Å². The molecule has 1 unspecified atom stereocenters. The van der Waals surface area contributed by atoms with E-state index < -0.39 is 11.6 Å². The molecule has 2 aromatic carbocycles. The first kappa shape index (κ1) is 15.9. The fourth-order valence-electron chi connectivity index (χ4n) is 2.38. The first-order valence-corrected chi connectivity index (χ1v) is 7.33. The van der Waals surface area contributed by atoms with E-state index in [-0.39, 0.29) is 6.04 Å². The number of hydrogen-bond acceptors (Lipinski definition) is 1. The van der Waals surface area contributed by atoms with Gasteiger partial charge in [-0.3, -0.25) is 0 Å². The van der Waals surface area contributed by atoms with Gasteiger partial charge in [0.2, 0.25) is 0 Å². The Kier molecular flexibility index (Phi) is 5.32. The monoisotopic (exact) mass is 309 g/mol. The number of halogens is 3. The highest BCUT2D eigenvalue weighted by Crippen LogP contribution is 2.29. The Hall–Kier alpha value is -1.45. The van der Waals surface area contributed by atoms with Crippen molar-refractivity contribution >= 4 is 11.6 Å². The summed E-state index contributed by atoms with van der Waals surface area (Å²) in [6, 6.07) is 9.37. The lowest BCUT2D eigenvalue weighted by Crippen LogP contribution is -2.23. The lowest BCUT2D eigenvalue weighted by molar-refractivity contribution is 0.521. The van der Waals surface area contributed by atoms with Crippen molar-refractivity contribution in [2.45, 2.75) is 26.3 Å². The number of likely N-dealkylation sites (N-methyl/N-ethyl adjacent to an activating group) is 1. The summed E-state index contributed by atoms with van der Waals surface area (Å²) >= 11 is 6.36. The van der Waals surface area contributed by atoms with E-state index in [4.69, 9.17) is 11.6 Å². The SMILES string of the molecule is CCNC(Cc1ccc(F)cc1F)c1cccc(C)c1Cl. The molecule has 0 aliphatic rings. The number of nitrogens with one attached hydrogen (secondary N) is 1. The van der Waals surface area contributed by atoms with Gasteiger partial charge in [0.05, 0.1) is 0 Å². The van der Waals surface area contributed by atoms with Crippen LogP contribution in [0.4, 0.5) is 8.78 Å². The lowest BCUT2D eigenvalue weighted by Gasteiger charge is -2.21. The molecule has 0 spiro atoms. The first-order valence-electron chi connectivity index (χ1n) is 6.95. The highest BCUT2D eigenvalue weighted by molar-refractivity contribution is 6.32. The molecule has 0 fully saturated rings. The molecule has 2 aromatic rings. The summed E-state index contributed by atoms with van der Waals surface area (Å²) in [4.78, 5) is 0. The van der Waals surface area contributed by atoms with E-state index in [0.717, 1.165) is 23.7 Å². The van der Waals surface area contributed by atoms with Gasteiger partial charge < -0.3 is 5.32 Å². The Balaban J connectivity index is 2.33. The molecule has 0 aliphatic heterocycles. The van der Waals surface area contributed by atoms with Gasteiger partial charge in [-0.15, -0.1) is 0 Å². The summed E-state index contributed by atoms with van der Waals surface area (Å²) in [6.45, 7) is 4.66. The van der Waals surface area contributed by atoms with Gasteiger partial charge in [0.25, 0.3) is 0 Å². The van der Waals surface area contributed by atoms with Crippen LogP contribution >= 0.6 is 11.6 Å². The molecule has 0 heterocycles. The van der Waals surface area contributed by atoms with Crippen LogP contribution in [0.15, 0.2) is 36.4 Å². The topological polar surface area (TPSA) is 12.0 Å². The third-order valence-electron chi connectivity index (χ3n) is 3.49. The Labute approximate surface area is 128 Å². The van der Waals surface area contributed by atoms with Crippen LogP contribution in [0.3, 0.4) is 0 Å². The third-order valence-corrected chi connectivity index (χ3v) is 4.00. The average Bonchev–Trinajstić information content (AvgIpc) is 2.44. The fraction of sp³-hybridized carbons (Fsp3) is 0.294. The summed E-state index contributed by atoms with van der Waals surface area (Å²) in [5.41, 5.74) is 2.39. The van der Waals surface area contributed by atoms with Crippen LogP contribution in [0.25, 0.3) is 0 Å². The van der Waals surface area contributed by atoms with Crippen LogP contribution in [-0.2, 0) is 6.42 Å². The molecule has 0 bridgehead atoms. The van der Waals surface area contributed by atoms with Crippen LogP contribution in [0.1, 0.15) is 29.7 Å². The Morgan fingerprint density at radius 3 is 2.62 bits per heavy atom. The van der Waals surface area contributed by atoms with E-state index in [9.17, 15) is 8.78 Å². The molecule has 1 nitrogen and oxygen atoms in total. The van der Waals surface area contributed by atoms with Gasteiger partial charge in [-0.1, -0.05) is 42.8 Å². The normalized spacial score (nSPS) is 12.4. The van der Waals surface area contributed by atoms with Crippen LogP contribution in [-0.4, -0.2) is 6.54 Å². The zero-order valence-corrected chi connectivity index (χ0v) is 12.8. The highest BCUT2D eigenvalue weighted by Gasteiger charge is 2.17. The number of rotatable bonds is 5. The molecular weight excluding hydrogens is 292 g/mol. The summed E-state index contributed by atoms with van der Waals surface area (Å²) in [6.07, 6.45) is 0.420. The van der Waals surface area contributed by atoms with Gasteiger partial charge in [-0.25, -0.2) is 8.78 Å². The summed E-state index contributed by atoms with van der Waals surface area (Å²) < 4.78 is 26.8. The van der Waals surface area contributed by atoms with Crippen LogP contribution in [0, 0.1) is 18.6 Å². The fourth-order valence-corrected chi connectivity index (χ4v) is 2.64. The molecule has 0 saturated carbocycles.